The Morgan fingerprint density at radius 2 is 1.74 bits per heavy atom. The SMILES string of the molecule is COc1ccc(N2C(=O)CS[C@H]2c2ccccc2NC(=O)c2ccccc2)c(OC)c1. The Bertz CT molecular complexity index is 1100. The van der Waals surface area contributed by atoms with E-state index in [4.69, 9.17) is 9.47 Å². The van der Waals surface area contributed by atoms with E-state index in [9.17, 15) is 9.59 Å². The number of methoxy groups -OCH3 is 2. The molecule has 6 nitrogen and oxygen atoms in total. The predicted octanol–water partition coefficient (Wildman–Crippen LogP) is 4.73. The van der Waals surface area contributed by atoms with Crippen LogP contribution in [0, 0.1) is 0 Å². The minimum Gasteiger partial charge on any atom is -0.497 e. The van der Waals surface area contributed by atoms with Crippen molar-refractivity contribution in [2.45, 2.75) is 5.37 Å². The van der Waals surface area contributed by atoms with Crippen molar-refractivity contribution in [2.24, 2.45) is 0 Å². The van der Waals surface area contributed by atoms with Crippen LogP contribution in [-0.4, -0.2) is 31.8 Å². The van der Waals surface area contributed by atoms with Gasteiger partial charge in [-0.15, -0.1) is 11.8 Å². The summed E-state index contributed by atoms with van der Waals surface area (Å²) in [7, 11) is 3.15. The molecule has 3 aromatic rings. The number of para-hydroxylation sites is 1. The van der Waals surface area contributed by atoms with Gasteiger partial charge in [-0.25, -0.2) is 0 Å². The van der Waals surface area contributed by atoms with E-state index in [1.54, 1.807) is 43.4 Å². The largest absolute Gasteiger partial charge is 0.497 e. The molecule has 31 heavy (non-hydrogen) atoms. The van der Waals surface area contributed by atoms with Gasteiger partial charge in [0.25, 0.3) is 5.91 Å². The predicted molar refractivity (Wildman–Crippen MR) is 123 cm³/mol. The molecule has 1 fully saturated rings. The zero-order valence-corrected chi connectivity index (χ0v) is 18.0. The van der Waals surface area contributed by atoms with E-state index in [-0.39, 0.29) is 17.2 Å². The van der Waals surface area contributed by atoms with Gasteiger partial charge in [-0.05, 0) is 30.3 Å². The third-order valence-electron chi connectivity index (χ3n) is 5.03. The zero-order chi connectivity index (χ0) is 21.8. The molecule has 0 bridgehead atoms. The van der Waals surface area contributed by atoms with Crippen molar-refractivity contribution in [1.82, 2.24) is 0 Å². The van der Waals surface area contributed by atoms with Crippen LogP contribution in [0.5, 0.6) is 11.5 Å². The highest BCUT2D eigenvalue weighted by atomic mass is 32.2. The fourth-order valence-corrected chi connectivity index (χ4v) is 4.71. The summed E-state index contributed by atoms with van der Waals surface area (Å²) in [6.45, 7) is 0. The molecule has 7 heteroatoms. The van der Waals surface area contributed by atoms with Crippen molar-refractivity contribution in [1.29, 1.82) is 0 Å². The van der Waals surface area contributed by atoms with Crippen molar-refractivity contribution in [3.05, 3.63) is 83.9 Å². The highest BCUT2D eigenvalue weighted by molar-refractivity contribution is 8.00. The summed E-state index contributed by atoms with van der Waals surface area (Å²) in [6.07, 6.45) is 0. The highest BCUT2D eigenvalue weighted by Crippen LogP contribution is 2.47. The Kier molecular flexibility index (Phi) is 6.13. The lowest BCUT2D eigenvalue weighted by atomic mass is 10.1. The molecular weight excluding hydrogens is 412 g/mol. The summed E-state index contributed by atoms with van der Waals surface area (Å²) < 4.78 is 10.8. The van der Waals surface area contributed by atoms with Gasteiger partial charge in [-0.1, -0.05) is 36.4 Å². The summed E-state index contributed by atoms with van der Waals surface area (Å²) in [5, 5.41) is 2.69. The second kappa shape index (κ2) is 9.14. The molecule has 0 aromatic heterocycles. The molecule has 1 heterocycles. The van der Waals surface area contributed by atoms with Crippen LogP contribution in [0.2, 0.25) is 0 Å². The standard InChI is InChI=1S/C24H22N2O4S/c1-29-17-12-13-20(21(14-17)30-2)26-22(27)15-31-24(26)18-10-6-7-11-19(18)25-23(28)16-8-4-3-5-9-16/h3-14,24H,15H2,1-2H3,(H,25,28)/t24-/m0/s1. The van der Waals surface area contributed by atoms with Gasteiger partial charge in [0.15, 0.2) is 0 Å². The third-order valence-corrected chi connectivity index (χ3v) is 6.22. The number of rotatable bonds is 6. The normalized spacial score (nSPS) is 15.6. The van der Waals surface area contributed by atoms with Crippen LogP contribution >= 0.6 is 11.8 Å². The molecule has 0 radical (unpaired) electrons. The monoisotopic (exact) mass is 434 g/mol. The molecule has 0 aliphatic carbocycles. The van der Waals surface area contributed by atoms with Gasteiger partial charge in [-0.3, -0.25) is 14.5 Å². The minimum absolute atomic E-state index is 0.0253. The van der Waals surface area contributed by atoms with Gasteiger partial charge in [-0.2, -0.15) is 0 Å². The average Bonchev–Trinajstić information content (AvgIpc) is 3.20. The second-order valence-corrected chi connectivity index (χ2v) is 7.94. The van der Waals surface area contributed by atoms with Crippen molar-refractivity contribution < 1.29 is 19.1 Å². The quantitative estimate of drug-likeness (QED) is 0.607. The van der Waals surface area contributed by atoms with E-state index in [0.29, 0.717) is 34.2 Å². The smallest absolute Gasteiger partial charge is 0.255 e. The topological polar surface area (TPSA) is 67.9 Å². The molecule has 1 atom stereocenters. The van der Waals surface area contributed by atoms with E-state index in [1.165, 1.54) is 11.8 Å². The summed E-state index contributed by atoms with van der Waals surface area (Å²) in [5.74, 6) is 1.30. The summed E-state index contributed by atoms with van der Waals surface area (Å²) >= 11 is 1.51. The van der Waals surface area contributed by atoms with Crippen LogP contribution < -0.4 is 19.7 Å². The summed E-state index contributed by atoms with van der Waals surface area (Å²) in [5.41, 5.74) is 2.75. The van der Waals surface area contributed by atoms with Gasteiger partial charge in [0.05, 0.1) is 25.7 Å². The minimum atomic E-state index is -0.304. The van der Waals surface area contributed by atoms with Crippen molar-refractivity contribution in [2.75, 3.05) is 30.2 Å². The maximum Gasteiger partial charge on any atom is 0.255 e. The zero-order valence-electron chi connectivity index (χ0n) is 17.2. The molecule has 1 aliphatic rings. The van der Waals surface area contributed by atoms with Crippen LogP contribution in [-0.2, 0) is 4.79 Å². The molecule has 158 valence electrons. The van der Waals surface area contributed by atoms with Gasteiger partial charge < -0.3 is 14.8 Å². The lowest BCUT2D eigenvalue weighted by Gasteiger charge is -2.27. The molecule has 2 amide bonds. The number of ether oxygens (including phenoxy) is 2. The Hall–Kier alpha value is -3.45. The number of benzene rings is 3. The highest BCUT2D eigenvalue weighted by Gasteiger charge is 2.37. The number of hydrogen-bond donors (Lipinski definition) is 1. The first-order valence-electron chi connectivity index (χ1n) is 9.73. The van der Waals surface area contributed by atoms with Crippen LogP contribution in [0.1, 0.15) is 21.3 Å². The van der Waals surface area contributed by atoms with Crippen LogP contribution in [0.25, 0.3) is 0 Å². The molecule has 0 unspecified atom stereocenters. The van der Waals surface area contributed by atoms with Crippen molar-refractivity contribution in [3.8, 4) is 11.5 Å². The van der Waals surface area contributed by atoms with Gasteiger partial charge in [0, 0.05) is 22.9 Å². The maximum absolute atomic E-state index is 12.9. The third kappa shape index (κ3) is 4.22. The van der Waals surface area contributed by atoms with Crippen molar-refractivity contribution >= 4 is 35.0 Å². The molecule has 1 saturated heterocycles. The number of carbonyl (C=O) groups is 2. The average molecular weight is 435 g/mol. The van der Waals surface area contributed by atoms with Crippen molar-refractivity contribution in [3.63, 3.8) is 0 Å². The van der Waals surface area contributed by atoms with E-state index >= 15 is 0 Å². The Labute approximate surface area is 185 Å². The Morgan fingerprint density at radius 3 is 2.48 bits per heavy atom. The maximum atomic E-state index is 12.9. The number of hydrogen-bond acceptors (Lipinski definition) is 5. The van der Waals surface area contributed by atoms with E-state index in [2.05, 4.69) is 5.32 Å². The first-order valence-corrected chi connectivity index (χ1v) is 10.8. The second-order valence-electron chi connectivity index (χ2n) is 6.87. The fraction of sp³-hybridized carbons (Fsp3) is 0.167. The molecule has 0 spiro atoms. The summed E-state index contributed by atoms with van der Waals surface area (Å²) in [6, 6.07) is 22.0. The molecule has 3 aromatic carbocycles. The van der Waals surface area contributed by atoms with Crippen LogP contribution in [0.4, 0.5) is 11.4 Å². The first-order chi connectivity index (χ1) is 15.1. The van der Waals surface area contributed by atoms with E-state index in [1.807, 2.05) is 48.5 Å². The lowest BCUT2D eigenvalue weighted by molar-refractivity contribution is -0.115. The van der Waals surface area contributed by atoms with Crippen LogP contribution in [0.15, 0.2) is 72.8 Å². The van der Waals surface area contributed by atoms with Crippen LogP contribution in [0.3, 0.4) is 0 Å². The fourth-order valence-electron chi connectivity index (χ4n) is 3.51. The number of thioether (sulfide) groups is 1. The molecule has 4 rings (SSSR count). The number of nitrogens with zero attached hydrogens (tertiary/aromatic N) is 1. The number of nitrogens with one attached hydrogen (secondary N) is 1. The van der Waals surface area contributed by atoms with E-state index < -0.39 is 0 Å². The van der Waals surface area contributed by atoms with E-state index in [0.717, 1.165) is 5.56 Å². The van der Waals surface area contributed by atoms with Gasteiger partial charge in [0.2, 0.25) is 5.91 Å². The van der Waals surface area contributed by atoms with Gasteiger partial charge in [0.1, 0.15) is 16.9 Å². The number of anilines is 2. The number of amides is 2. The first kappa shape index (κ1) is 20.8. The summed E-state index contributed by atoms with van der Waals surface area (Å²) in [4.78, 5) is 27.3. The Balaban J connectivity index is 1.69. The molecule has 0 saturated carbocycles. The molecule has 1 N–H and O–H groups in total. The van der Waals surface area contributed by atoms with Gasteiger partial charge >= 0.3 is 0 Å². The lowest BCUT2D eigenvalue weighted by Crippen LogP contribution is -2.29. The number of carbonyl (C=O) groups excluding carboxylic acids is 2. The molecule has 1 aliphatic heterocycles. The Morgan fingerprint density at radius 1 is 1.00 bits per heavy atom. The molecular formula is C24H22N2O4S.